The van der Waals surface area contributed by atoms with Gasteiger partial charge in [0.05, 0.1) is 9.40 Å². The number of thiophene rings is 2. The average molecular weight is 208 g/mol. The Labute approximate surface area is 83.6 Å². The van der Waals surface area contributed by atoms with E-state index >= 15 is 0 Å². The largest absolute Gasteiger partial charge is 0.454 e. The molecular formula is C10H8OS2. The molecule has 3 heteroatoms. The molecule has 0 unspecified atom stereocenters. The van der Waals surface area contributed by atoms with Crippen LogP contribution in [0.3, 0.4) is 0 Å². The molecule has 3 rings (SSSR count). The van der Waals surface area contributed by atoms with Crippen molar-refractivity contribution in [2.75, 3.05) is 0 Å². The highest BCUT2D eigenvalue weighted by Crippen LogP contribution is 2.40. The van der Waals surface area contributed by atoms with Gasteiger partial charge in [-0.1, -0.05) is 0 Å². The summed E-state index contributed by atoms with van der Waals surface area (Å²) in [7, 11) is 0. The number of hydrogen-bond donors (Lipinski definition) is 0. The van der Waals surface area contributed by atoms with Crippen molar-refractivity contribution in [3.63, 3.8) is 0 Å². The molecule has 3 aromatic heterocycles. The van der Waals surface area contributed by atoms with Gasteiger partial charge in [-0.05, 0) is 25.3 Å². The quantitative estimate of drug-likeness (QED) is 0.536. The van der Waals surface area contributed by atoms with E-state index < -0.39 is 0 Å². The Hall–Kier alpha value is -0.800. The topological polar surface area (TPSA) is 13.1 Å². The van der Waals surface area contributed by atoms with Gasteiger partial charge in [-0.2, -0.15) is 0 Å². The first kappa shape index (κ1) is 7.59. The van der Waals surface area contributed by atoms with Crippen molar-refractivity contribution in [1.29, 1.82) is 0 Å². The smallest absolute Gasteiger partial charge is 0.150 e. The zero-order valence-corrected chi connectivity index (χ0v) is 9.01. The molecule has 0 saturated carbocycles. The van der Waals surface area contributed by atoms with Crippen LogP contribution < -0.4 is 0 Å². The Kier molecular flexibility index (Phi) is 1.38. The van der Waals surface area contributed by atoms with Crippen molar-refractivity contribution in [1.82, 2.24) is 0 Å². The number of rotatable bonds is 0. The van der Waals surface area contributed by atoms with Gasteiger partial charge in [-0.15, -0.1) is 22.7 Å². The van der Waals surface area contributed by atoms with E-state index in [-0.39, 0.29) is 0 Å². The second kappa shape index (κ2) is 2.36. The summed E-state index contributed by atoms with van der Waals surface area (Å²) in [4.78, 5) is 1.36. The third-order valence-corrected chi connectivity index (χ3v) is 4.63. The summed E-state index contributed by atoms with van der Waals surface area (Å²) in [5, 5.41) is 2.08. The van der Waals surface area contributed by atoms with E-state index in [2.05, 4.69) is 19.2 Å². The van der Waals surface area contributed by atoms with Crippen LogP contribution >= 0.6 is 22.7 Å². The van der Waals surface area contributed by atoms with Crippen molar-refractivity contribution < 1.29 is 4.42 Å². The SMILES string of the molecule is Cc1sc2c(oc3ccsc32)c1C. The summed E-state index contributed by atoms with van der Waals surface area (Å²) >= 11 is 3.60. The van der Waals surface area contributed by atoms with E-state index in [0.29, 0.717) is 0 Å². The number of furan rings is 1. The minimum absolute atomic E-state index is 1.04. The predicted octanol–water partition coefficient (Wildman–Crippen LogP) is 4.33. The predicted molar refractivity (Wildman–Crippen MR) is 58.9 cm³/mol. The molecular weight excluding hydrogens is 200 g/mol. The zero-order valence-electron chi connectivity index (χ0n) is 7.38. The maximum atomic E-state index is 5.76. The third-order valence-electron chi connectivity index (χ3n) is 2.38. The van der Waals surface area contributed by atoms with Crippen LogP contribution in [-0.2, 0) is 0 Å². The van der Waals surface area contributed by atoms with Gasteiger partial charge in [-0.25, -0.2) is 0 Å². The van der Waals surface area contributed by atoms with Crippen molar-refractivity contribution in [2.45, 2.75) is 13.8 Å². The van der Waals surface area contributed by atoms with Crippen molar-refractivity contribution in [2.24, 2.45) is 0 Å². The monoisotopic (exact) mass is 208 g/mol. The summed E-state index contributed by atoms with van der Waals surface area (Å²) in [5.74, 6) is 0. The second-order valence-electron chi connectivity index (χ2n) is 3.16. The van der Waals surface area contributed by atoms with Crippen LogP contribution in [0, 0.1) is 13.8 Å². The lowest BCUT2D eigenvalue weighted by Gasteiger charge is -1.84. The Morgan fingerprint density at radius 3 is 2.92 bits per heavy atom. The van der Waals surface area contributed by atoms with Crippen LogP contribution in [0.15, 0.2) is 15.9 Å². The fraction of sp³-hybridized carbons (Fsp3) is 0.200. The lowest BCUT2D eigenvalue weighted by atomic mass is 10.3. The van der Waals surface area contributed by atoms with E-state index in [1.54, 1.807) is 11.3 Å². The summed E-state index contributed by atoms with van der Waals surface area (Å²) in [6.07, 6.45) is 0. The fourth-order valence-electron chi connectivity index (χ4n) is 1.53. The maximum Gasteiger partial charge on any atom is 0.150 e. The molecule has 0 radical (unpaired) electrons. The van der Waals surface area contributed by atoms with Gasteiger partial charge in [0.15, 0.2) is 0 Å². The maximum absolute atomic E-state index is 5.76. The molecule has 0 atom stereocenters. The first-order chi connectivity index (χ1) is 6.27. The Morgan fingerprint density at radius 1 is 1.23 bits per heavy atom. The molecule has 0 aliphatic rings. The van der Waals surface area contributed by atoms with Crippen LogP contribution in [0.5, 0.6) is 0 Å². The summed E-state index contributed by atoms with van der Waals surface area (Å²) in [5.41, 5.74) is 3.42. The van der Waals surface area contributed by atoms with Crippen LogP contribution in [0.1, 0.15) is 10.4 Å². The van der Waals surface area contributed by atoms with Crippen LogP contribution in [0.4, 0.5) is 0 Å². The molecule has 0 N–H and O–H groups in total. The van der Waals surface area contributed by atoms with E-state index in [4.69, 9.17) is 4.42 Å². The highest BCUT2D eigenvalue weighted by atomic mass is 32.1. The molecule has 66 valence electrons. The molecule has 0 aliphatic heterocycles. The number of hydrogen-bond acceptors (Lipinski definition) is 3. The molecule has 0 amide bonds. The van der Waals surface area contributed by atoms with Gasteiger partial charge in [0, 0.05) is 10.4 Å². The van der Waals surface area contributed by atoms with E-state index in [0.717, 1.165) is 11.2 Å². The van der Waals surface area contributed by atoms with Crippen molar-refractivity contribution in [3.05, 3.63) is 21.9 Å². The second-order valence-corrected chi connectivity index (χ2v) is 5.30. The molecule has 0 saturated heterocycles. The molecule has 0 spiro atoms. The summed E-state index contributed by atoms with van der Waals surface area (Å²) in [6, 6.07) is 2.04. The van der Waals surface area contributed by atoms with E-state index in [1.165, 1.54) is 19.8 Å². The minimum atomic E-state index is 1.04. The molecule has 0 fully saturated rings. The highest BCUT2D eigenvalue weighted by molar-refractivity contribution is 7.26. The average Bonchev–Trinajstić information content (AvgIpc) is 2.70. The van der Waals surface area contributed by atoms with Gasteiger partial charge in [0.25, 0.3) is 0 Å². The first-order valence-corrected chi connectivity index (χ1v) is 5.82. The normalized spacial score (nSPS) is 11.8. The van der Waals surface area contributed by atoms with Crippen LogP contribution in [0.2, 0.25) is 0 Å². The highest BCUT2D eigenvalue weighted by Gasteiger charge is 2.14. The summed E-state index contributed by atoms with van der Waals surface area (Å²) < 4.78 is 8.39. The molecule has 13 heavy (non-hydrogen) atoms. The molecule has 1 nitrogen and oxygen atoms in total. The van der Waals surface area contributed by atoms with Crippen LogP contribution in [0.25, 0.3) is 20.6 Å². The van der Waals surface area contributed by atoms with Gasteiger partial charge in [0.1, 0.15) is 11.2 Å². The Balaban J connectivity index is 2.63. The van der Waals surface area contributed by atoms with Gasteiger partial charge in [0.2, 0.25) is 0 Å². The molecule has 0 aromatic carbocycles. The number of aryl methyl sites for hydroxylation is 2. The van der Waals surface area contributed by atoms with Gasteiger partial charge in [-0.3, -0.25) is 0 Å². The number of fused-ring (bicyclic) bond motifs is 3. The minimum Gasteiger partial charge on any atom is -0.454 e. The summed E-state index contributed by atoms with van der Waals surface area (Å²) in [6.45, 7) is 4.27. The first-order valence-electron chi connectivity index (χ1n) is 4.13. The molecule has 0 aliphatic carbocycles. The lowest BCUT2D eigenvalue weighted by molar-refractivity contribution is 0.667. The van der Waals surface area contributed by atoms with Gasteiger partial charge < -0.3 is 4.42 Å². The standard InChI is InChI=1S/C10H8OS2/c1-5-6(2)13-10-8(5)11-7-3-4-12-9(7)10/h3-4H,1-2H3. The lowest BCUT2D eigenvalue weighted by Crippen LogP contribution is -1.65. The van der Waals surface area contributed by atoms with Gasteiger partial charge >= 0.3 is 0 Å². The van der Waals surface area contributed by atoms with Crippen molar-refractivity contribution >= 4 is 43.2 Å². The molecule has 3 heterocycles. The van der Waals surface area contributed by atoms with Crippen LogP contribution in [-0.4, -0.2) is 0 Å². The van der Waals surface area contributed by atoms with Crippen molar-refractivity contribution in [3.8, 4) is 0 Å². The van der Waals surface area contributed by atoms with E-state index in [1.807, 2.05) is 17.4 Å². The molecule has 0 bridgehead atoms. The third kappa shape index (κ3) is 0.860. The fourth-order valence-corrected chi connectivity index (χ4v) is 3.59. The zero-order chi connectivity index (χ0) is 9.00. The van der Waals surface area contributed by atoms with E-state index in [9.17, 15) is 0 Å². The molecule has 3 aromatic rings. The Morgan fingerprint density at radius 2 is 2.08 bits per heavy atom. The Bertz CT molecular complexity index is 582.